The minimum absolute atomic E-state index is 0.113. The van der Waals surface area contributed by atoms with Crippen molar-refractivity contribution < 1.29 is 4.79 Å². The molecule has 1 rings (SSSR count). The normalized spacial score (nSPS) is 26.9. The smallest absolute Gasteiger partial charge is 0.240 e. The van der Waals surface area contributed by atoms with Gasteiger partial charge >= 0.3 is 0 Å². The van der Waals surface area contributed by atoms with Gasteiger partial charge in [0.15, 0.2) is 0 Å². The summed E-state index contributed by atoms with van der Waals surface area (Å²) in [6.07, 6.45) is 4.07. The first-order chi connectivity index (χ1) is 7.82. The van der Waals surface area contributed by atoms with Crippen molar-refractivity contribution in [2.75, 3.05) is 6.54 Å². The molecule has 0 aromatic rings. The fraction of sp³-hybridized carbons (Fsp3) is 0.929. The van der Waals surface area contributed by atoms with Gasteiger partial charge in [-0.1, -0.05) is 34.1 Å². The maximum absolute atomic E-state index is 12.4. The van der Waals surface area contributed by atoms with Gasteiger partial charge in [-0.05, 0) is 38.1 Å². The highest BCUT2D eigenvalue weighted by molar-refractivity contribution is 5.87. The third-order valence-electron chi connectivity index (χ3n) is 4.00. The van der Waals surface area contributed by atoms with Crippen LogP contribution in [0.5, 0.6) is 0 Å². The molecule has 0 spiro atoms. The summed E-state index contributed by atoms with van der Waals surface area (Å²) in [7, 11) is 0. The van der Waals surface area contributed by atoms with E-state index >= 15 is 0 Å². The molecule has 17 heavy (non-hydrogen) atoms. The van der Waals surface area contributed by atoms with E-state index in [0.29, 0.717) is 0 Å². The summed E-state index contributed by atoms with van der Waals surface area (Å²) in [6.45, 7) is 11.7. The van der Waals surface area contributed by atoms with E-state index in [1.807, 2.05) is 0 Å². The molecule has 2 atom stereocenters. The van der Waals surface area contributed by atoms with Gasteiger partial charge in [-0.2, -0.15) is 0 Å². The Labute approximate surface area is 106 Å². The van der Waals surface area contributed by atoms with Crippen LogP contribution in [0.3, 0.4) is 0 Å². The van der Waals surface area contributed by atoms with Crippen LogP contribution in [0, 0.1) is 5.41 Å². The second-order valence-corrected chi connectivity index (χ2v) is 6.42. The highest BCUT2D eigenvalue weighted by Crippen LogP contribution is 2.26. The van der Waals surface area contributed by atoms with Gasteiger partial charge < -0.3 is 10.6 Å². The number of hydrogen-bond donors (Lipinski definition) is 2. The maximum Gasteiger partial charge on any atom is 0.240 e. The quantitative estimate of drug-likeness (QED) is 0.792. The highest BCUT2D eigenvalue weighted by atomic mass is 16.2. The van der Waals surface area contributed by atoms with Crippen LogP contribution in [0.2, 0.25) is 0 Å². The minimum atomic E-state index is -0.297. The van der Waals surface area contributed by atoms with Crippen LogP contribution in [0.15, 0.2) is 0 Å². The molecule has 0 bridgehead atoms. The number of carbonyl (C=O) groups is 1. The number of nitrogens with one attached hydrogen (secondary N) is 2. The minimum Gasteiger partial charge on any atom is -0.352 e. The van der Waals surface area contributed by atoms with Gasteiger partial charge in [0.1, 0.15) is 0 Å². The van der Waals surface area contributed by atoms with Crippen molar-refractivity contribution in [3.8, 4) is 0 Å². The predicted molar refractivity (Wildman–Crippen MR) is 71.9 cm³/mol. The third kappa shape index (κ3) is 3.44. The van der Waals surface area contributed by atoms with Crippen molar-refractivity contribution >= 4 is 5.91 Å². The molecule has 2 unspecified atom stereocenters. The number of carbonyl (C=O) groups excluding carboxylic acids is 1. The molecule has 0 aromatic heterocycles. The second-order valence-electron chi connectivity index (χ2n) is 6.42. The van der Waals surface area contributed by atoms with E-state index in [0.717, 1.165) is 32.2 Å². The zero-order valence-electron chi connectivity index (χ0n) is 12.0. The highest BCUT2D eigenvalue weighted by Gasteiger charge is 2.41. The fourth-order valence-corrected chi connectivity index (χ4v) is 2.31. The largest absolute Gasteiger partial charge is 0.352 e. The Morgan fingerprint density at radius 2 is 2.12 bits per heavy atom. The van der Waals surface area contributed by atoms with Crippen LogP contribution >= 0.6 is 0 Å². The lowest BCUT2D eigenvalue weighted by Gasteiger charge is -2.34. The Bertz CT molecular complexity index is 262. The van der Waals surface area contributed by atoms with Gasteiger partial charge in [0, 0.05) is 6.04 Å². The molecule has 1 amide bonds. The Kier molecular flexibility index (Phi) is 4.59. The molecular weight excluding hydrogens is 212 g/mol. The molecule has 1 aliphatic heterocycles. The van der Waals surface area contributed by atoms with Gasteiger partial charge in [-0.25, -0.2) is 0 Å². The molecule has 1 fully saturated rings. The molecule has 0 saturated carbocycles. The van der Waals surface area contributed by atoms with Gasteiger partial charge in [0.05, 0.1) is 5.54 Å². The zero-order valence-corrected chi connectivity index (χ0v) is 12.0. The monoisotopic (exact) mass is 240 g/mol. The van der Waals surface area contributed by atoms with Crippen molar-refractivity contribution in [3.63, 3.8) is 0 Å². The van der Waals surface area contributed by atoms with Gasteiger partial charge in [0.25, 0.3) is 0 Å². The molecule has 3 nitrogen and oxygen atoms in total. The van der Waals surface area contributed by atoms with Crippen LogP contribution in [0.1, 0.15) is 60.3 Å². The maximum atomic E-state index is 12.4. The first-order valence-electron chi connectivity index (χ1n) is 6.88. The number of hydrogen-bond acceptors (Lipinski definition) is 2. The standard InChI is InChI=1S/C14H28N2O/c1-6-8-14(9-7-10-15-14)12(17)16-11(2)13(3,4)5/h11,15H,6-10H2,1-5H3,(H,16,17). The molecule has 0 aliphatic carbocycles. The lowest BCUT2D eigenvalue weighted by Crippen LogP contribution is -2.57. The van der Waals surface area contributed by atoms with E-state index < -0.39 is 0 Å². The molecule has 1 aliphatic rings. The Balaban J connectivity index is 2.67. The first kappa shape index (κ1) is 14.5. The van der Waals surface area contributed by atoms with Crippen LogP contribution < -0.4 is 10.6 Å². The Morgan fingerprint density at radius 1 is 1.47 bits per heavy atom. The summed E-state index contributed by atoms with van der Waals surface area (Å²) in [5.74, 6) is 0.194. The van der Waals surface area contributed by atoms with Crippen molar-refractivity contribution in [2.45, 2.75) is 71.9 Å². The summed E-state index contributed by atoms with van der Waals surface area (Å²) in [6, 6.07) is 0.200. The van der Waals surface area contributed by atoms with Crippen molar-refractivity contribution in [3.05, 3.63) is 0 Å². The SMILES string of the molecule is CCCC1(C(=O)NC(C)C(C)(C)C)CCCN1. The summed E-state index contributed by atoms with van der Waals surface area (Å²) in [4.78, 5) is 12.4. The van der Waals surface area contributed by atoms with Crippen molar-refractivity contribution in [2.24, 2.45) is 5.41 Å². The Hall–Kier alpha value is -0.570. The van der Waals surface area contributed by atoms with Crippen LogP contribution in [-0.4, -0.2) is 24.0 Å². The van der Waals surface area contributed by atoms with Crippen molar-refractivity contribution in [1.29, 1.82) is 0 Å². The summed E-state index contributed by atoms with van der Waals surface area (Å²) >= 11 is 0. The molecule has 2 N–H and O–H groups in total. The number of rotatable bonds is 4. The lowest BCUT2D eigenvalue weighted by molar-refractivity contribution is -0.128. The van der Waals surface area contributed by atoms with Crippen molar-refractivity contribution in [1.82, 2.24) is 10.6 Å². The molecule has 1 saturated heterocycles. The van der Waals surface area contributed by atoms with Crippen LogP contribution in [0.4, 0.5) is 0 Å². The van der Waals surface area contributed by atoms with E-state index in [9.17, 15) is 4.79 Å². The topological polar surface area (TPSA) is 41.1 Å². The predicted octanol–water partition coefficient (Wildman–Crippen LogP) is 2.46. The molecule has 3 heteroatoms. The number of amides is 1. The zero-order chi connectivity index (χ0) is 13.1. The molecule has 0 aromatic carbocycles. The summed E-state index contributed by atoms with van der Waals surface area (Å²) in [5.41, 5.74) is -0.185. The molecule has 100 valence electrons. The van der Waals surface area contributed by atoms with E-state index in [-0.39, 0.29) is 22.9 Å². The summed E-state index contributed by atoms with van der Waals surface area (Å²) in [5, 5.41) is 6.60. The van der Waals surface area contributed by atoms with Crippen LogP contribution in [-0.2, 0) is 4.79 Å². The van der Waals surface area contributed by atoms with Crippen LogP contribution in [0.25, 0.3) is 0 Å². The third-order valence-corrected chi connectivity index (χ3v) is 4.00. The van der Waals surface area contributed by atoms with E-state index in [1.165, 1.54) is 0 Å². The van der Waals surface area contributed by atoms with E-state index in [2.05, 4.69) is 45.3 Å². The molecule has 0 radical (unpaired) electrons. The average Bonchev–Trinajstić information content (AvgIpc) is 2.66. The fourth-order valence-electron chi connectivity index (χ4n) is 2.31. The average molecular weight is 240 g/mol. The second kappa shape index (κ2) is 5.38. The van der Waals surface area contributed by atoms with Gasteiger partial charge in [-0.15, -0.1) is 0 Å². The molecule has 1 heterocycles. The van der Waals surface area contributed by atoms with E-state index in [4.69, 9.17) is 0 Å². The Morgan fingerprint density at radius 3 is 2.53 bits per heavy atom. The first-order valence-corrected chi connectivity index (χ1v) is 6.88. The summed E-state index contributed by atoms with van der Waals surface area (Å²) < 4.78 is 0. The lowest BCUT2D eigenvalue weighted by atomic mass is 9.85. The van der Waals surface area contributed by atoms with Gasteiger partial charge in [0.2, 0.25) is 5.91 Å². The van der Waals surface area contributed by atoms with Gasteiger partial charge in [-0.3, -0.25) is 4.79 Å². The van der Waals surface area contributed by atoms with E-state index in [1.54, 1.807) is 0 Å². The molecular formula is C14H28N2O.